The van der Waals surface area contributed by atoms with Crippen LogP contribution in [0.4, 0.5) is 0 Å². The molecule has 1 amide bonds. The number of hydrazine groups is 1. The van der Waals surface area contributed by atoms with Crippen molar-refractivity contribution in [3.05, 3.63) is 50.4 Å². The minimum atomic E-state index is -0.127. The highest BCUT2D eigenvalue weighted by atomic mass is 35.5. The Bertz CT molecular complexity index is 768. The van der Waals surface area contributed by atoms with Gasteiger partial charge in [-0.25, -0.2) is 10.4 Å². The van der Waals surface area contributed by atoms with Crippen molar-refractivity contribution in [3.63, 3.8) is 0 Å². The summed E-state index contributed by atoms with van der Waals surface area (Å²) in [5.41, 5.74) is 8.70. The topological polar surface area (TPSA) is 66.0 Å². The molecule has 0 spiro atoms. The first-order valence-electron chi connectivity index (χ1n) is 9.70. The van der Waals surface area contributed by atoms with Gasteiger partial charge < -0.3 is 5.32 Å². The average Bonchev–Trinajstić information content (AvgIpc) is 3.32. The summed E-state index contributed by atoms with van der Waals surface area (Å²) in [5, 5.41) is 5.02. The van der Waals surface area contributed by atoms with Crippen LogP contribution in [-0.2, 0) is 24.1 Å². The number of benzene rings is 1. The van der Waals surface area contributed by atoms with Crippen molar-refractivity contribution < 1.29 is 4.79 Å². The maximum Gasteiger partial charge on any atom is 0.226 e. The predicted octanol–water partition coefficient (Wildman–Crippen LogP) is 3.19. The molecule has 1 aromatic heterocycles. The van der Waals surface area contributed by atoms with Crippen LogP contribution in [0.25, 0.3) is 0 Å². The molecule has 1 saturated heterocycles. The fourth-order valence-electron chi connectivity index (χ4n) is 3.82. The maximum absolute atomic E-state index is 12.6. The highest BCUT2D eigenvalue weighted by Gasteiger charge is 2.33. The van der Waals surface area contributed by atoms with Crippen LogP contribution in [0, 0.1) is 5.92 Å². The molecule has 3 N–H and O–H groups in total. The molecule has 2 heterocycles. The Morgan fingerprint density at radius 1 is 1.26 bits per heavy atom. The summed E-state index contributed by atoms with van der Waals surface area (Å²) in [7, 11) is 0. The Balaban J connectivity index is 1.26. The molecule has 144 valence electrons. The summed E-state index contributed by atoms with van der Waals surface area (Å²) >= 11 is 7.83. The van der Waals surface area contributed by atoms with E-state index >= 15 is 0 Å². The molecule has 1 aliphatic carbocycles. The summed E-state index contributed by atoms with van der Waals surface area (Å²) < 4.78 is 0. The minimum Gasteiger partial charge on any atom is -0.356 e. The fourth-order valence-corrected chi connectivity index (χ4v) is 5.15. The van der Waals surface area contributed by atoms with Crippen LogP contribution in [0.3, 0.4) is 0 Å². The first kappa shape index (κ1) is 18.9. The van der Waals surface area contributed by atoms with Gasteiger partial charge in [0.25, 0.3) is 0 Å². The molecule has 4 rings (SSSR count). The SMILES string of the molecule is O=C(NCCCc1nc2c(s1)CCCC2)C1CNNC1c1ccc(Cl)cc1. The Kier molecular flexibility index (Phi) is 6.08. The maximum atomic E-state index is 12.6. The molecule has 5 nitrogen and oxygen atoms in total. The average molecular weight is 405 g/mol. The van der Waals surface area contributed by atoms with Crippen molar-refractivity contribution >= 4 is 28.8 Å². The second kappa shape index (κ2) is 8.69. The van der Waals surface area contributed by atoms with Crippen molar-refractivity contribution in [1.82, 2.24) is 21.2 Å². The molecule has 7 heteroatoms. The summed E-state index contributed by atoms with van der Waals surface area (Å²) in [6.07, 6.45) is 6.76. The van der Waals surface area contributed by atoms with Crippen LogP contribution in [0.1, 0.15) is 46.4 Å². The summed E-state index contributed by atoms with van der Waals surface area (Å²) in [4.78, 5) is 18.9. The molecule has 27 heavy (non-hydrogen) atoms. The highest BCUT2D eigenvalue weighted by molar-refractivity contribution is 7.11. The van der Waals surface area contributed by atoms with Gasteiger partial charge in [0.2, 0.25) is 5.91 Å². The number of aromatic nitrogens is 1. The number of nitrogens with one attached hydrogen (secondary N) is 3. The minimum absolute atomic E-state index is 0.0343. The zero-order valence-corrected chi connectivity index (χ0v) is 16.8. The van der Waals surface area contributed by atoms with E-state index in [1.54, 1.807) is 0 Å². The molecule has 0 radical (unpaired) electrons. The number of hydrogen-bond acceptors (Lipinski definition) is 5. The lowest BCUT2D eigenvalue weighted by Crippen LogP contribution is -2.35. The van der Waals surface area contributed by atoms with E-state index in [0.29, 0.717) is 18.1 Å². The second-order valence-corrected chi connectivity index (χ2v) is 8.84. The fraction of sp³-hybridized carbons (Fsp3) is 0.500. The van der Waals surface area contributed by atoms with Gasteiger partial charge in [0.05, 0.1) is 22.7 Å². The Labute approximate surface area is 168 Å². The zero-order valence-electron chi connectivity index (χ0n) is 15.3. The van der Waals surface area contributed by atoms with E-state index in [9.17, 15) is 4.79 Å². The van der Waals surface area contributed by atoms with Crippen LogP contribution < -0.4 is 16.2 Å². The largest absolute Gasteiger partial charge is 0.356 e. The predicted molar refractivity (Wildman–Crippen MR) is 109 cm³/mol. The summed E-state index contributed by atoms with van der Waals surface area (Å²) in [5.74, 6) is -0.0377. The second-order valence-electron chi connectivity index (χ2n) is 7.24. The van der Waals surface area contributed by atoms with Crippen LogP contribution in [-0.4, -0.2) is 24.0 Å². The number of thiazole rings is 1. The molecule has 2 atom stereocenters. The number of amides is 1. The van der Waals surface area contributed by atoms with Gasteiger partial charge in [0, 0.05) is 29.4 Å². The van der Waals surface area contributed by atoms with E-state index in [0.717, 1.165) is 24.8 Å². The van der Waals surface area contributed by atoms with Crippen molar-refractivity contribution in [1.29, 1.82) is 0 Å². The zero-order chi connectivity index (χ0) is 18.6. The molecule has 1 fully saturated rings. The van der Waals surface area contributed by atoms with Crippen LogP contribution in [0.2, 0.25) is 5.02 Å². The van der Waals surface area contributed by atoms with Crippen molar-refractivity contribution in [2.75, 3.05) is 13.1 Å². The standard InChI is InChI=1S/C20H25ClN4OS/c21-14-9-7-13(8-10-14)19-15(12-23-25-19)20(26)22-11-3-6-18-24-16-4-1-2-5-17(16)27-18/h7-10,15,19,23,25H,1-6,11-12H2,(H,22,26). The number of halogens is 1. The van der Waals surface area contributed by atoms with Gasteiger partial charge in [-0.3, -0.25) is 10.2 Å². The van der Waals surface area contributed by atoms with E-state index in [-0.39, 0.29) is 17.9 Å². The number of carbonyl (C=O) groups excluding carboxylic acids is 1. The van der Waals surface area contributed by atoms with Crippen LogP contribution >= 0.6 is 22.9 Å². The highest BCUT2D eigenvalue weighted by Crippen LogP contribution is 2.28. The number of nitrogens with zero attached hydrogens (tertiary/aromatic N) is 1. The monoisotopic (exact) mass is 404 g/mol. The smallest absolute Gasteiger partial charge is 0.226 e. The molecule has 0 saturated carbocycles. The van der Waals surface area contributed by atoms with E-state index < -0.39 is 0 Å². The third-order valence-electron chi connectivity index (χ3n) is 5.30. The first-order chi connectivity index (χ1) is 13.2. The third kappa shape index (κ3) is 4.51. The molecule has 1 aliphatic heterocycles. The molecule has 2 aliphatic rings. The van der Waals surface area contributed by atoms with Crippen molar-refractivity contribution in [2.45, 2.75) is 44.6 Å². The third-order valence-corrected chi connectivity index (χ3v) is 6.77. The van der Waals surface area contributed by atoms with Crippen LogP contribution in [0.15, 0.2) is 24.3 Å². The normalized spacial score (nSPS) is 21.8. The van der Waals surface area contributed by atoms with E-state index in [1.807, 2.05) is 35.6 Å². The Hall–Kier alpha value is -1.47. The Morgan fingerprint density at radius 2 is 2.07 bits per heavy atom. The van der Waals surface area contributed by atoms with E-state index in [4.69, 9.17) is 16.6 Å². The first-order valence-corrected chi connectivity index (χ1v) is 10.9. The molecule has 1 aromatic carbocycles. The van der Waals surface area contributed by atoms with Gasteiger partial charge in [0.1, 0.15) is 0 Å². The number of aryl methyl sites for hydroxylation is 3. The summed E-state index contributed by atoms with van der Waals surface area (Å²) in [6, 6.07) is 7.63. The van der Waals surface area contributed by atoms with Gasteiger partial charge in [0.15, 0.2) is 0 Å². The molecule has 2 aromatic rings. The number of hydrogen-bond donors (Lipinski definition) is 3. The van der Waals surface area contributed by atoms with Crippen molar-refractivity contribution in [3.8, 4) is 0 Å². The number of rotatable bonds is 6. The molecule has 2 unspecified atom stereocenters. The van der Waals surface area contributed by atoms with E-state index in [1.165, 1.54) is 34.8 Å². The molecule has 0 bridgehead atoms. The van der Waals surface area contributed by atoms with Crippen LogP contribution in [0.5, 0.6) is 0 Å². The van der Waals surface area contributed by atoms with Gasteiger partial charge in [-0.1, -0.05) is 23.7 Å². The quantitative estimate of drug-likeness (QED) is 0.647. The lowest BCUT2D eigenvalue weighted by Gasteiger charge is -2.18. The van der Waals surface area contributed by atoms with Gasteiger partial charge in [-0.15, -0.1) is 11.3 Å². The lowest BCUT2D eigenvalue weighted by atomic mass is 9.94. The summed E-state index contributed by atoms with van der Waals surface area (Å²) in [6.45, 7) is 1.31. The van der Waals surface area contributed by atoms with Gasteiger partial charge in [-0.05, 0) is 49.8 Å². The number of fused-ring (bicyclic) bond motifs is 1. The Morgan fingerprint density at radius 3 is 2.89 bits per heavy atom. The van der Waals surface area contributed by atoms with Gasteiger partial charge >= 0.3 is 0 Å². The molecular weight excluding hydrogens is 380 g/mol. The lowest BCUT2D eigenvalue weighted by molar-refractivity contribution is -0.124. The van der Waals surface area contributed by atoms with E-state index in [2.05, 4.69) is 16.2 Å². The van der Waals surface area contributed by atoms with Gasteiger partial charge in [-0.2, -0.15) is 0 Å². The molecular formula is C20H25ClN4OS. The number of carbonyl (C=O) groups is 1. The van der Waals surface area contributed by atoms with Crippen molar-refractivity contribution in [2.24, 2.45) is 5.92 Å².